The first-order valence-electron chi connectivity index (χ1n) is 0. The first-order valence-corrected chi connectivity index (χ1v) is 0. The van der Waals surface area contributed by atoms with E-state index in [0.29, 0.717) is 0 Å². The third kappa shape index (κ3) is 8.92. The summed E-state index contributed by atoms with van der Waals surface area (Å²) in [5.41, 5.74) is 0. The normalized spacial score (nSPS) is 0. The van der Waals surface area contributed by atoms with Crippen LogP contribution in [0.2, 0.25) is 0 Å². The van der Waals surface area contributed by atoms with Gasteiger partial charge in [0.1, 0.15) is 0 Å². The molecule has 0 unspecified atom stereocenters. The van der Waals surface area contributed by atoms with Crippen LogP contribution in [0.25, 0.3) is 0 Å². The van der Waals surface area contributed by atoms with Crippen molar-refractivity contribution >= 4 is 9.90 Å². The summed E-state index contributed by atoms with van der Waals surface area (Å²) in [7, 11) is 0. The quantitative estimate of drug-likeness (QED) is 0.436. The third-order valence-corrected chi connectivity index (χ3v) is 0. The SMILES string of the molecule is [Fe].[Mo].[Ni].[P]. The molecule has 4 heavy (non-hydrogen) atoms. The minimum Gasteiger partial charge on any atom is 0 e. The van der Waals surface area contributed by atoms with Crippen LogP contribution in [-0.4, -0.2) is 0 Å². The van der Waals surface area contributed by atoms with Crippen LogP contribution in [-0.2, 0) is 54.6 Å². The molecule has 0 aromatic heterocycles. The third-order valence-electron chi connectivity index (χ3n) is 0. The minimum atomic E-state index is 0. The van der Waals surface area contributed by atoms with Crippen molar-refractivity contribution in [2.75, 3.05) is 0 Å². The molecular weight excluding hydrogens is 241 g/mol. The van der Waals surface area contributed by atoms with E-state index >= 15 is 0 Å². The van der Waals surface area contributed by atoms with Crippen LogP contribution in [0.3, 0.4) is 0 Å². The molecule has 0 aromatic rings. The van der Waals surface area contributed by atoms with E-state index in [2.05, 4.69) is 0 Å². The maximum absolute atomic E-state index is 0. The Morgan fingerprint density at radius 3 is 1.00 bits per heavy atom. The Bertz CT molecular complexity index is 8.00. The number of hydrogen-bond acceptors (Lipinski definition) is 0. The molecule has 0 atom stereocenters. The number of rotatable bonds is 0. The molecule has 0 heterocycles. The zero-order valence-corrected chi connectivity index (χ0v) is 6.52. The van der Waals surface area contributed by atoms with Crippen LogP contribution in [0.15, 0.2) is 0 Å². The molecule has 0 rings (SSSR count). The van der Waals surface area contributed by atoms with Crippen LogP contribution < -0.4 is 0 Å². The van der Waals surface area contributed by atoms with E-state index in [1.165, 1.54) is 0 Å². The molecule has 0 aromatic carbocycles. The topological polar surface area (TPSA) is 0 Å². The maximum Gasteiger partial charge on any atom is 0 e. The zero-order chi connectivity index (χ0) is 0. The van der Waals surface area contributed by atoms with Crippen molar-refractivity contribution in [3.05, 3.63) is 0 Å². The predicted molar refractivity (Wildman–Crippen MR) is 6.92 cm³/mol. The summed E-state index contributed by atoms with van der Waals surface area (Å²) in [4.78, 5) is 0. The Kier molecular flexibility index (Phi) is 171. The standard InChI is InChI=1S/Fe.Mo.Ni.P. The Morgan fingerprint density at radius 2 is 1.00 bits per heavy atom. The predicted octanol–water partition coefficient (Wildman–Crippen LogP) is 0.854. The Morgan fingerprint density at radius 1 is 1.00 bits per heavy atom. The van der Waals surface area contributed by atoms with Gasteiger partial charge < -0.3 is 0 Å². The van der Waals surface area contributed by atoms with Gasteiger partial charge in [0.2, 0.25) is 0 Å². The Hall–Kier alpha value is 2.13. The van der Waals surface area contributed by atoms with E-state index < -0.39 is 0 Å². The largest absolute Gasteiger partial charge is 0 e. The molecule has 0 aliphatic heterocycles. The van der Waals surface area contributed by atoms with Crippen molar-refractivity contribution in [3.8, 4) is 0 Å². The monoisotopic (exact) mass is 243 g/mol. The van der Waals surface area contributed by atoms with E-state index in [1.54, 1.807) is 0 Å². The summed E-state index contributed by atoms with van der Waals surface area (Å²) in [6, 6.07) is 0. The molecule has 29 valence electrons. The van der Waals surface area contributed by atoms with Crippen LogP contribution in [0.5, 0.6) is 0 Å². The molecule has 4 heteroatoms. The van der Waals surface area contributed by atoms with Crippen molar-refractivity contribution in [2.24, 2.45) is 0 Å². The first kappa shape index (κ1) is 35.5. The summed E-state index contributed by atoms with van der Waals surface area (Å²) >= 11 is 0. The van der Waals surface area contributed by atoms with Crippen LogP contribution in [0.1, 0.15) is 0 Å². The number of hydrogen-bond donors (Lipinski definition) is 0. The van der Waals surface area contributed by atoms with Crippen LogP contribution in [0, 0.1) is 0 Å². The summed E-state index contributed by atoms with van der Waals surface area (Å²) < 4.78 is 0. The zero-order valence-electron chi connectivity index (χ0n) is 1.53. The van der Waals surface area contributed by atoms with Gasteiger partial charge in [0, 0.05) is 64.5 Å². The summed E-state index contributed by atoms with van der Waals surface area (Å²) in [6.07, 6.45) is 0. The fraction of sp³-hybridized carbons (Fsp3) is 0. The molecule has 0 aliphatic carbocycles. The van der Waals surface area contributed by atoms with Crippen LogP contribution >= 0.6 is 9.90 Å². The molecule has 0 bridgehead atoms. The van der Waals surface area contributed by atoms with Gasteiger partial charge in [-0.15, -0.1) is 0 Å². The minimum absolute atomic E-state index is 0. The second-order valence-electron chi connectivity index (χ2n) is 0. The van der Waals surface area contributed by atoms with E-state index in [9.17, 15) is 0 Å². The van der Waals surface area contributed by atoms with Gasteiger partial charge in [0.25, 0.3) is 0 Å². The van der Waals surface area contributed by atoms with Crippen molar-refractivity contribution in [3.63, 3.8) is 0 Å². The van der Waals surface area contributed by atoms with Gasteiger partial charge in [-0.1, -0.05) is 0 Å². The Labute approximate surface area is 64.1 Å². The van der Waals surface area contributed by atoms with E-state index in [0.717, 1.165) is 0 Å². The van der Waals surface area contributed by atoms with Gasteiger partial charge in [-0.2, -0.15) is 0 Å². The smallest absolute Gasteiger partial charge is 0 e. The molecule has 0 nitrogen and oxygen atoms in total. The van der Waals surface area contributed by atoms with Gasteiger partial charge in [-0.05, 0) is 0 Å². The van der Waals surface area contributed by atoms with Gasteiger partial charge >= 0.3 is 0 Å². The second-order valence-corrected chi connectivity index (χ2v) is 0. The summed E-state index contributed by atoms with van der Waals surface area (Å²) in [5.74, 6) is 0. The van der Waals surface area contributed by atoms with Crippen molar-refractivity contribution in [1.82, 2.24) is 0 Å². The molecule has 0 N–H and O–H groups in total. The van der Waals surface area contributed by atoms with Gasteiger partial charge in [-0.25, -0.2) is 0 Å². The van der Waals surface area contributed by atoms with Crippen molar-refractivity contribution < 1.29 is 54.6 Å². The molecule has 0 saturated carbocycles. The Balaban J connectivity index is 0. The average molecular weight is 241 g/mol. The van der Waals surface area contributed by atoms with E-state index in [-0.39, 0.29) is 64.5 Å². The second kappa shape index (κ2) is 19.3. The van der Waals surface area contributed by atoms with Gasteiger partial charge in [0.15, 0.2) is 0 Å². The van der Waals surface area contributed by atoms with E-state index in [4.69, 9.17) is 0 Å². The fourth-order valence-electron chi connectivity index (χ4n) is 0. The molecule has 3 radical (unpaired) electrons. The molecule has 0 spiro atoms. The fourth-order valence-corrected chi connectivity index (χ4v) is 0. The maximum atomic E-state index is 0. The van der Waals surface area contributed by atoms with Crippen molar-refractivity contribution in [2.45, 2.75) is 0 Å². The van der Waals surface area contributed by atoms with Gasteiger partial charge in [-0.3, -0.25) is 0 Å². The van der Waals surface area contributed by atoms with Crippen LogP contribution in [0.4, 0.5) is 0 Å². The van der Waals surface area contributed by atoms with Crippen molar-refractivity contribution in [1.29, 1.82) is 0 Å². The summed E-state index contributed by atoms with van der Waals surface area (Å²) in [6.45, 7) is 0. The average Bonchev–Trinajstić information content (AvgIpc) is 0. The molecule has 0 aliphatic rings. The van der Waals surface area contributed by atoms with Gasteiger partial charge in [0.05, 0.1) is 0 Å². The molecule has 0 amide bonds. The molecule has 0 fully saturated rings. The van der Waals surface area contributed by atoms with E-state index in [1.807, 2.05) is 0 Å². The molecular formula is FeMoNiP. The summed E-state index contributed by atoms with van der Waals surface area (Å²) in [5, 5.41) is 0. The first-order chi connectivity index (χ1) is 0. The molecule has 0 saturated heterocycles.